The minimum Gasteiger partial charge on any atom is -0.494 e. The fraction of sp³-hybridized carbons (Fsp3) is 0.348. The summed E-state index contributed by atoms with van der Waals surface area (Å²) in [4.78, 5) is 16.9. The number of rotatable bonds is 4. The van der Waals surface area contributed by atoms with Gasteiger partial charge in [0.25, 0.3) is 5.91 Å². The van der Waals surface area contributed by atoms with Crippen molar-refractivity contribution in [3.63, 3.8) is 0 Å². The number of amides is 1. The van der Waals surface area contributed by atoms with Gasteiger partial charge in [-0.3, -0.25) is 9.48 Å². The number of aromatic nitrogens is 3. The van der Waals surface area contributed by atoms with Crippen LogP contribution in [0.3, 0.4) is 0 Å². The molecule has 2 N–H and O–H groups in total. The third-order valence-corrected chi connectivity index (χ3v) is 5.64. The van der Waals surface area contributed by atoms with Crippen molar-refractivity contribution >= 4 is 22.5 Å². The summed E-state index contributed by atoms with van der Waals surface area (Å²) in [5, 5.41) is 18.7. The molecule has 1 aliphatic carbocycles. The minimum absolute atomic E-state index is 0.173. The highest BCUT2D eigenvalue weighted by Crippen LogP contribution is 2.36. The maximum atomic E-state index is 12.6. The minimum atomic E-state index is -1.01. The lowest BCUT2D eigenvalue weighted by molar-refractivity contribution is 0.0446. The topological polar surface area (TPSA) is 89.3 Å². The van der Waals surface area contributed by atoms with Crippen molar-refractivity contribution in [2.24, 2.45) is 0 Å². The first-order valence-corrected chi connectivity index (χ1v) is 9.93. The van der Waals surface area contributed by atoms with Gasteiger partial charge in [-0.2, -0.15) is 5.10 Å². The molecule has 7 heteroatoms. The van der Waals surface area contributed by atoms with E-state index in [0.29, 0.717) is 30.0 Å². The van der Waals surface area contributed by atoms with Crippen LogP contribution in [0.25, 0.3) is 10.9 Å². The van der Waals surface area contributed by atoms with Crippen LogP contribution in [-0.2, 0) is 0 Å². The van der Waals surface area contributed by atoms with Crippen LogP contribution >= 0.6 is 0 Å². The molecule has 7 nitrogen and oxygen atoms in total. The van der Waals surface area contributed by atoms with Crippen molar-refractivity contribution < 1.29 is 14.6 Å². The Hall–Kier alpha value is -3.37. The number of nitrogens with one attached hydrogen (secondary N) is 1. The molecule has 1 saturated carbocycles. The molecule has 2 aromatic heterocycles. The van der Waals surface area contributed by atoms with Crippen molar-refractivity contribution in [2.45, 2.75) is 44.2 Å². The van der Waals surface area contributed by atoms with Crippen molar-refractivity contribution in [1.29, 1.82) is 0 Å². The van der Waals surface area contributed by atoms with Gasteiger partial charge in [-0.05, 0) is 50.8 Å². The number of hydrogen-bond acceptors (Lipinski definition) is 5. The summed E-state index contributed by atoms with van der Waals surface area (Å²) in [5.74, 6) is 2.73. The molecule has 0 radical (unpaired) electrons. The molecule has 0 unspecified atom stereocenters. The number of fused-ring (bicyclic) bond motifs is 1. The second-order valence-electron chi connectivity index (χ2n) is 7.75. The predicted molar refractivity (Wildman–Crippen MR) is 115 cm³/mol. The van der Waals surface area contributed by atoms with E-state index in [4.69, 9.17) is 11.2 Å². The maximum absolute atomic E-state index is 12.6. The van der Waals surface area contributed by atoms with Gasteiger partial charge in [0.2, 0.25) is 0 Å². The Morgan fingerprint density at radius 1 is 1.37 bits per heavy atom. The Labute approximate surface area is 175 Å². The zero-order valence-corrected chi connectivity index (χ0v) is 17.1. The fourth-order valence-electron chi connectivity index (χ4n) is 3.87. The second kappa shape index (κ2) is 7.81. The van der Waals surface area contributed by atoms with Gasteiger partial charge >= 0.3 is 0 Å². The van der Waals surface area contributed by atoms with Crippen molar-refractivity contribution in [2.75, 3.05) is 12.4 Å². The number of anilines is 1. The summed E-state index contributed by atoms with van der Waals surface area (Å²) >= 11 is 0. The van der Waals surface area contributed by atoms with Crippen LogP contribution in [0.5, 0.6) is 5.75 Å². The Kier molecular flexibility index (Phi) is 5.18. The highest BCUT2D eigenvalue weighted by molar-refractivity contribution is 6.05. The summed E-state index contributed by atoms with van der Waals surface area (Å²) in [6, 6.07) is 9.15. The number of benzene rings is 1. The number of aryl methyl sites for hydroxylation is 1. The maximum Gasteiger partial charge on any atom is 0.274 e. The van der Waals surface area contributed by atoms with Crippen molar-refractivity contribution in [3.8, 4) is 18.1 Å². The average molecular weight is 404 g/mol. The lowest BCUT2D eigenvalue weighted by Gasteiger charge is -2.32. The molecule has 0 bridgehead atoms. The van der Waals surface area contributed by atoms with Gasteiger partial charge in [0.1, 0.15) is 17.0 Å². The van der Waals surface area contributed by atoms with Crippen molar-refractivity contribution in [1.82, 2.24) is 14.8 Å². The van der Waals surface area contributed by atoms with E-state index >= 15 is 0 Å². The van der Waals surface area contributed by atoms with E-state index in [2.05, 4.69) is 21.3 Å². The van der Waals surface area contributed by atoms with Crippen LogP contribution in [0.4, 0.5) is 5.69 Å². The lowest BCUT2D eigenvalue weighted by Crippen LogP contribution is -2.33. The molecule has 1 amide bonds. The molecule has 2 heterocycles. The van der Waals surface area contributed by atoms with E-state index in [0.717, 1.165) is 29.4 Å². The molecule has 154 valence electrons. The van der Waals surface area contributed by atoms with Crippen molar-refractivity contribution in [3.05, 3.63) is 47.9 Å². The first-order valence-electron chi connectivity index (χ1n) is 9.93. The number of methoxy groups -OCH3 is 1. The third-order valence-electron chi connectivity index (χ3n) is 5.64. The Bertz CT molecular complexity index is 1140. The first kappa shape index (κ1) is 19.9. The number of carbonyl (C=O) groups is 1. The number of ether oxygens (including phenoxy) is 1. The zero-order valence-electron chi connectivity index (χ0n) is 17.1. The van der Waals surface area contributed by atoms with Gasteiger partial charge in [-0.1, -0.05) is 12.0 Å². The molecule has 1 aromatic carbocycles. The molecule has 1 fully saturated rings. The van der Waals surface area contributed by atoms with Gasteiger partial charge < -0.3 is 15.2 Å². The van der Waals surface area contributed by atoms with Crippen LogP contribution < -0.4 is 10.1 Å². The molecular formula is C23H24N4O3. The van der Waals surface area contributed by atoms with Crippen LogP contribution in [0, 0.1) is 19.3 Å². The number of terminal acetylenes is 1. The first-order chi connectivity index (χ1) is 14.4. The lowest BCUT2D eigenvalue weighted by atomic mass is 9.83. The summed E-state index contributed by atoms with van der Waals surface area (Å²) in [6.45, 7) is 1.84. The summed E-state index contributed by atoms with van der Waals surface area (Å²) in [6.07, 6.45) is 10.0. The van der Waals surface area contributed by atoms with Crippen LogP contribution in [0.1, 0.15) is 47.9 Å². The molecule has 0 atom stereocenters. The van der Waals surface area contributed by atoms with Gasteiger partial charge in [0.05, 0.1) is 24.4 Å². The van der Waals surface area contributed by atoms with Crippen LogP contribution in [0.2, 0.25) is 0 Å². The Balaban J connectivity index is 1.59. The van der Waals surface area contributed by atoms with E-state index in [9.17, 15) is 9.90 Å². The normalized spacial score (nSPS) is 21.2. The number of carbonyl (C=O) groups excluding carboxylic acids is 1. The van der Waals surface area contributed by atoms with Crippen LogP contribution in [-0.4, -0.2) is 38.5 Å². The smallest absolute Gasteiger partial charge is 0.274 e. The van der Waals surface area contributed by atoms with E-state index in [1.54, 1.807) is 19.2 Å². The van der Waals surface area contributed by atoms with E-state index < -0.39 is 5.60 Å². The van der Waals surface area contributed by atoms with Gasteiger partial charge in [-0.25, -0.2) is 4.98 Å². The molecule has 0 aliphatic heterocycles. The highest BCUT2D eigenvalue weighted by Gasteiger charge is 2.32. The van der Waals surface area contributed by atoms with Crippen LogP contribution in [0.15, 0.2) is 36.5 Å². The number of nitrogens with zero attached hydrogens (tertiary/aromatic N) is 3. The van der Waals surface area contributed by atoms with Gasteiger partial charge in [0.15, 0.2) is 0 Å². The molecular weight excluding hydrogens is 380 g/mol. The largest absolute Gasteiger partial charge is 0.494 e. The standard InChI is InChI=1S/C23H24N4O3/c1-4-23(29)10-8-17(9-11-23)27-14-16-12-20(21(30-3)13-19(16)26-27)25-22(28)18-7-5-6-15(2)24-18/h1,5-7,12-14,17,29H,8-11H2,2-3H3,(H,25,28). The van der Waals surface area contributed by atoms with E-state index in [1.165, 1.54) is 0 Å². The monoisotopic (exact) mass is 404 g/mol. The average Bonchev–Trinajstić information content (AvgIpc) is 3.16. The zero-order chi connectivity index (χ0) is 21.3. The molecule has 0 saturated heterocycles. The van der Waals surface area contributed by atoms with Gasteiger partial charge in [0, 0.05) is 23.3 Å². The Morgan fingerprint density at radius 3 is 2.80 bits per heavy atom. The summed E-state index contributed by atoms with van der Waals surface area (Å²) in [7, 11) is 1.56. The Morgan fingerprint density at radius 2 is 2.13 bits per heavy atom. The fourth-order valence-corrected chi connectivity index (χ4v) is 3.87. The summed E-state index contributed by atoms with van der Waals surface area (Å²) in [5.41, 5.74) is 1.44. The highest BCUT2D eigenvalue weighted by atomic mass is 16.5. The second-order valence-corrected chi connectivity index (χ2v) is 7.75. The SMILES string of the molecule is C#CC1(O)CCC(n2cc3cc(NC(=O)c4cccc(C)n4)c(OC)cc3n2)CC1. The predicted octanol–water partition coefficient (Wildman–Crippen LogP) is 3.48. The number of aliphatic hydroxyl groups is 1. The van der Waals surface area contributed by atoms with Gasteiger partial charge in [-0.15, -0.1) is 6.42 Å². The summed E-state index contributed by atoms with van der Waals surface area (Å²) < 4.78 is 7.40. The molecule has 4 rings (SSSR count). The third kappa shape index (κ3) is 3.87. The molecule has 30 heavy (non-hydrogen) atoms. The molecule has 0 spiro atoms. The van der Waals surface area contributed by atoms with E-state index in [-0.39, 0.29) is 11.9 Å². The number of hydrogen-bond donors (Lipinski definition) is 2. The number of pyridine rings is 1. The molecule has 3 aromatic rings. The molecule has 1 aliphatic rings. The quantitative estimate of drug-likeness (QED) is 0.650. The van der Waals surface area contributed by atoms with E-state index in [1.807, 2.05) is 36.0 Å².